The average Bonchev–Trinajstić information content (AvgIpc) is 2.64. The molecular weight excluding hydrogens is 228 g/mol. The zero-order valence-corrected chi connectivity index (χ0v) is 9.28. The first-order valence-electron chi connectivity index (χ1n) is 4.68. The first kappa shape index (κ1) is 10.7. The highest BCUT2D eigenvalue weighted by Gasteiger charge is 2.17. The van der Waals surface area contributed by atoms with Crippen LogP contribution in [0.5, 0.6) is 0 Å². The van der Waals surface area contributed by atoms with Gasteiger partial charge in [-0.1, -0.05) is 11.6 Å². The lowest BCUT2D eigenvalue weighted by molar-refractivity contribution is -0.384. The molecule has 4 nitrogen and oxygen atoms in total. The van der Waals surface area contributed by atoms with Crippen LogP contribution >= 0.6 is 11.6 Å². The Kier molecular flexibility index (Phi) is 2.66. The van der Waals surface area contributed by atoms with Crippen molar-refractivity contribution in [2.75, 3.05) is 0 Å². The summed E-state index contributed by atoms with van der Waals surface area (Å²) in [5, 5.41) is 11.3. The summed E-state index contributed by atoms with van der Waals surface area (Å²) >= 11 is 5.75. The molecule has 0 spiro atoms. The van der Waals surface area contributed by atoms with Crippen molar-refractivity contribution in [3.63, 3.8) is 0 Å². The predicted octanol–water partition coefficient (Wildman–Crippen LogP) is 3.55. The molecule has 0 aliphatic carbocycles. The monoisotopic (exact) mass is 236 g/mol. The standard InChI is InChI=1S/C11H9ClN2O2/c1-7-4-5-13-11(7)9-3-2-8(12)6-10(9)14(15)16/h2-6,13H,1H3. The molecule has 2 rings (SSSR count). The largest absolute Gasteiger partial charge is 0.361 e. The highest BCUT2D eigenvalue weighted by atomic mass is 35.5. The van der Waals surface area contributed by atoms with E-state index < -0.39 is 4.92 Å². The molecule has 0 aliphatic heterocycles. The Morgan fingerprint density at radius 3 is 2.69 bits per heavy atom. The highest BCUT2D eigenvalue weighted by Crippen LogP contribution is 2.32. The maximum Gasteiger partial charge on any atom is 0.280 e. The topological polar surface area (TPSA) is 58.9 Å². The summed E-state index contributed by atoms with van der Waals surface area (Å²) in [7, 11) is 0. The van der Waals surface area contributed by atoms with E-state index in [9.17, 15) is 10.1 Å². The van der Waals surface area contributed by atoms with Gasteiger partial charge in [0.05, 0.1) is 16.2 Å². The van der Waals surface area contributed by atoms with Crippen molar-refractivity contribution in [2.24, 2.45) is 0 Å². The van der Waals surface area contributed by atoms with Crippen LogP contribution in [0.25, 0.3) is 11.3 Å². The average molecular weight is 237 g/mol. The maximum atomic E-state index is 10.9. The van der Waals surface area contributed by atoms with Gasteiger partial charge < -0.3 is 4.98 Å². The molecule has 5 heteroatoms. The SMILES string of the molecule is Cc1cc[nH]c1-c1ccc(Cl)cc1[N+](=O)[O-]. The number of hydrogen-bond donors (Lipinski definition) is 1. The third kappa shape index (κ3) is 1.79. The van der Waals surface area contributed by atoms with Gasteiger partial charge in [-0.15, -0.1) is 0 Å². The molecule has 1 heterocycles. The van der Waals surface area contributed by atoms with E-state index in [1.807, 2.05) is 13.0 Å². The van der Waals surface area contributed by atoms with Crippen molar-refractivity contribution >= 4 is 17.3 Å². The van der Waals surface area contributed by atoms with Gasteiger partial charge >= 0.3 is 0 Å². The van der Waals surface area contributed by atoms with Crippen LogP contribution in [0.2, 0.25) is 5.02 Å². The number of aryl methyl sites for hydroxylation is 1. The van der Waals surface area contributed by atoms with Crippen LogP contribution in [0.15, 0.2) is 30.5 Å². The molecule has 0 unspecified atom stereocenters. The van der Waals surface area contributed by atoms with Crippen molar-refractivity contribution in [1.82, 2.24) is 4.98 Å². The Morgan fingerprint density at radius 1 is 1.38 bits per heavy atom. The molecule has 0 fully saturated rings. The number of nitrogens with zero attached hydrogens (tertiary/aromatic N) is 1. The third-order valence-electron chi connectivity index (χ3n) is 2.38. The van der Waals surface area contributed by atoms with Gasteiger partial charge in [-0.25, -0.2) is 0 Å². The minimum atomic E-state index is -0.429. The molecule has 0 atom stereocenters. The van der Waals surface area contributed by atoms with Gasteiger partial charge in [0, 0.05) is 17.3 Å². The Morgan fingerprint density at radius 2 is 2.12 bits per heavy atom. The van der Waals surface area contributed by atoms with Crippen LogP contribution in [0.3, 0.4) is 0 Å². The van der Waals surface area contributed by atoms with Gasteiger partial charge in [0.1, 0.15) is 0 Å². The molecule has 0 radical (unpaired) electrons. The zero-order chi connectivity index (χ0) is 11.7. The summed E-state index contributed by atoms with van der Waals surface area (Å²) in [6, 6.07) is 6.52. The fraction of sp³-hybridized carbons (Fsp3) is 0.0909. The number of aromatic amines is 1. The number of nitro groups is 1. The zero-order valence-electron chi connectivity index (χ0n) is 8.53. The summed E-state index contributed by atoms with van der Waals surface area (Å²) in [5.74, 6) is 0. The van der Waals surface area contributed by atoms with E-state index in [1.54, 1.807) is 18.3 Å². The summed E-state index contributed by atoms with van der Waals surface area (Å²) in [6.07, 6.45) is 1.75. The van der Waals surface area contributed by atoms with Gasteiger partial charge in [-0.2, -0.15) is 0 Å². The molecule has 82 valence electrons. The van der Waals surface area contributed by atoms with Crippen molar-refractivity contribution < 1.29 is 4.92 Å². The van der Waals surface area contributed by atoms with Gasteiger partial charge in [-0.3, -0.25) is 10.1 Å². The molecular formula is C11H9ClN2O2. The van der Waals surface area contributed by atoms with Gasteiger partial charge in [0.25, 0.3) is 5.69 Å². The van der Waals surface area contributed by atoms with Crippen molar-refractivity contribution in [3.05, 3.63) is 51.2 Å². The van der Waals surface area contributed by atoms with Gasteiger partial charge in [-0.05, 0) is 30.7 Å². The fourth-order valence-electron chi connectivity index (χ4n) is 1.60. The molecule has 1 aromatic heterocycles. The van der Waals surface area contributed by atoms with Crippen molar-refractivity contribution in [1.29, 1.82) is 0 Å². The lowest BCUT2D eigenvalue weighted by Gasteiger charge is -2.02. The van der Waals surface area contributed by atoms with E-state index in [4.69, 9.17) is 11.6 Å². The van der Waals surface area contributed by atoms with Crippen molar-refractivity contribution in [3.8, 4) is 11.3 Å². The minimum Gasteiger partial charge on any atom is -0.361 e. The third-order valence-corrected chi connectivity index (χ3v) is 2.62. The Balaban J connectivity index is 2.65. The molecule has 16 heavy (non-hydrogen) atoms. The number of halogens is 1. The first-order valence-corrected chi connectivity index (χ1v) is 5.05. The number of hydrogen-bond acceptors (Lipinski definition) is 2. The number of nitrogens with one attached hydrogen (secondary N) is 1. The van der Waals surface area contributed by atoms with Crippen molar-refractivity contribution in [2.45, 2.75) is 6.92 Å². The van der Waals surface area contributed by atoms with E-state index in [2.05, 4.69) is 4.98 Å². The maximum absolute atomic E-state index is 10.9. The van der Waals surface area contributed by atoms with E-state index >= 15 is 0 Å². The van der Waals surface area contributed by atoms with Crippen LogP contribution in [0.4, 0.5) is 5.69 Å². The van der Waals surface area contributed by atoms with Crippen LogP contribution in [-0.2, 0) is 0 Å². The van der Waals surface area contributed by atoms with Gasteiger partial charge in [0.15, 0.2) is 0 Å². The molecule has 2 aromatic rings. The molecule has 0 amide bonds. The summed E-state index contributed by atoms with van der Waals surface area (Å²) < 4.78 is 0. The number of benzene rings is 1. The number of nitro benzene ring substituents is 1. The summed E-state index contributed by atoms with van der Waals surface area (Å²) in [6.45, 7) is 1.89. The molecule has 1 aromatic carbocycles. The molecule has 1 N–H and O–H groups in total. The highest BCUT2D eigenvalue weighted by molar-refractivity contribution is 6.30. The van der Waals surface area contributed by atoms with E-state index in [0.29, 0.717) is 10.6 Å². The lowest BCUT2D eigenvalue weighted by Crippen LogP contribution is -1.93. The van der Waals surface area contributed by atoms with Crippen LogP contribution < -0.4 is 0 Å². The van der Waals surface area contributed by atoms with E-state index in [0.717, 1.165) is 11.3 Å². The fourth-order valence-corrected chi connectivity index (χ4v) is 1.77. The molecule has 0 saturated heterocycles. The lowest BCUT2D eigenvalue weighted by atomic mass is 10.1. The van der Waals surface area contributed by atoms with Crippen LogP contribution in [0.1, 0.15) is 5.56 Å². The van der Waals surface area contributed by atoms with Crippen LogP contribution in [-0.4, -0.2) is 9.91 Å². The molecule has 0 aliphatic rings. The molecule has 0 bridgehead atoms. The Labute approximate surface area is 97.0 Å². The van der Waals surface area contributed by atoms with Gasteiger partial charge in [0.2, 0.25) is 0 Å². The second-order valence-corrected chi connectivity index (χ2v) is 3.89. The Bertz CT molecular complexity index is 549. The smallest absolute Gasteiger partial charge is 0.280 e. The number of aromatic nitrogens is 1. The Hall–Kier alpha value is -1.81. The normalized spacial score (nSPS) is 10.4. The minimum absolute atomic E-state index is 0.0121. The number of rotatable bonds is 2. The summed E-state index contributed by atoms with van der Waals surface area (Å²) in [4.78, 5) is 13.5. The quantitative estimate of drug-likeness (QED) is 0.640. The second-order valence-electron chi connectivity index (χ2n) is 3.45. The van der Waals surface area contributed by atoms with Crippen LogP contribution in [0, 0.1) is 17.0 Å². The molecule has 0 saturated carbocycles. The second kappa shape index (κ2) is 3.98. The van der Waals surface area contributed by atoms with E-state index in [1.165, 1.54) is 6.07 Å². The predicted molar refractivity (Wildman–Crippen MR) is 62.6 cm³/mol. The number of H-pyrrole nitrogens is 1. The first-order chi connectivity index (χ1) is 7.59. The van der Waals surface area contributed by atoms with E-state index in [-0.39, 0.29) is 5.69 Å². The summed E-state index contributed by atoms with van der Waals surface area (Å²) in [5.41, 5.74) is 2.28.